The van der Waals surface area contributed by atoms with Gasteiger partial charge in [-0.1, -0.05) is 0 Å². The number of carboxylic acids is 1. The van der Waals surface area contributed by atoms with Gasteiger partial charge in [-0.15, -0.1) is 0 Å². The molecule has 1 atom stereocenters. The van der Waals surface area contributed by atoms with E-state index in [4.69, 9.17) is 26.0 Å². The number of hydrogen-bond donors (Lipinski definition) is 3. The number of anilines is 2. The van der Waals surface area contributed by atoms with Gasteiger partial charge in [0.05, 0.1) is 11.1 Å². The number of hydrogen-bond acceptors (Lipinski definition) is 7. The van der Waals surface area contributed by atoms with E-state index in [1.807, 2.05) is 6.92 Å². The molecule has 5 N–H and O–H groups in total. The Labute approximate surface area is 132 Å². The Balaban J connectivity index is 1.69. The van der Waals surface area contributed by atoms with Crippen molar-refractivity contribution in [1.82, 2.24) is 9.97 Å². The monoisotopic (exact) mass is 316 g/mol. The minimum absolute atomic E-state index is 0.0654. The van der Waals surface area contributed by atoms with Crippen LogP contribution in [0.1, 0.15) is 22.8 Å². The summed E-state index contributed by atoms with van der Waals surface area (Å²) in [5.41, 5.74) is 11.7. The molecule has 0 unspecified atom stereocenters. The van der Waals surface area contributed by atoms with Crippen LogP contribution in [0.2, 0.25) is 0 Å². The average molecular weight is 316 g/mol. The molecular weight excluding hydrogens is 300 g/mol. The van der Waals surface area contributed by atoms with E-state index in [0.717, 1.165) is 0 Å². The molecule has 8 nitrogen and oxygen atoms in total. The van der Waals surface area contributed by atoms with Gasteiger partial charge < -0.3 is 26.0 Å². The van der Waals surface area contributed by atoms with Gasteiger partial charge in [0.15, 0.2) is 0 Å². The number of aromatic carboxylic acids is 1. The molecule has 0 amide bonds. The van der Waals surface area contributed by atoms with Gasteiger partial charge >= 0.3 is 5.97 Å². The number of nitrogens with two attached hydrogens (primary N) is 2. The summed E-state index contributed by atoms with van der Waals surface area (Å²) in [5, 5.41) is 8.87. The van der Waals surface area contributed by atoms with Gasteiger partial charge in [0.25, 0.3) is 0 Å². The molecule has 2 aromatic rings. The molecule has 0 spiro atoms. The lowest BCUT2D eigenvalue weighted by atomic mass is 10.0. The van der Waals surface area contributed by atoms with E-state index in [1.165, 1.54) is 12.1 Å². The standard InChI is InChI=1S/C15H16N4O4/c1-15(6-10-11(16)18-14(17)19-12(10)23-15)7-22-9-4-2-8(3-5-9)13(20)21/h2-5H,6-7H2,1H3,(H,20,21)(H4,16,17,18,19)/t15-/m0/s1. The van der Waals surface area contributed by atoms with Crippen LogP contribution in [-0.4, -0.2) is 33.3 Å². The molecule has 3 rings (SSSR count). The van der Waals surface area contributed by atoms with Crippen LogP contribution >= 0.6 is 0 Å². The number of rotatable bonds is 4. The molecular formula is C15H16N4O4. The molecule has 23 heavy (non-hydrogen) atoms. The molecule has 120 valence electrons. The summed E-state index contributed by atoms with van der Waals surface area (Å²) in [6.45, 7) is 2.12. The molecule has 1 aromatic heterocycles. The van der Waals surface area contributed by atoms with Crippen molar-refractivity contribution in [3.8, 4) is 11.6 Å². The largest absolute Gasteiger partial charge is 0.489 e. The van der Waals surface area contributed by atoms with Crippen molar-refractivity contribution >= 4 is 17.7 Å². The van der Waals surface area contributed by atoms with Crippen molar-refractivity contribution in [2.24, 2.45) is 0 Å². The van der Waals surface area contributed by atoms with Crippen molar-refractivity contribution in [2.75, 3.05) is 18.1 Å². The molecule has 0 aliphatic carbocycles. The predicted molar refractivity (Wildman–Crippen MR) is 82.5 cm³/mol. The number of carbonyl (C=O) groups is 1. The highest BCUT2D eigenvalue weighted by molar-refractivity contribution is 5.87. The fraction of sp³-hybridized carbons (Fsp3) is 0.267. The van der Waals surface area contributed by atoms with E-state index < -0.39 is 11.6 Å². The van der Waals surface area contributed by atoms with Crippen LogP contribution in [0.15, 0.2) is 24.3 Å². The topological polar surface area (TPSA) is 134 Å². The van der Waals surface area contributed by atoms with E-state index in [2.05, 4.69) is 9.97 Å². The molecule has 0 fully saturated rings. The second-order valence-corrected chi connectivity index (χ2v) is 5.60. The van der Waals surface area contributed by atoms with Crippen LogP contribution in [0.25, 0.3) is 0 Å². The molecule has 1 aliphatic rings. The zero-order valence-corrected chi connectivity index (χ0v) is 12.4. The van der Waals surface area contributed by atoms with E-state index in [0.29, 0.717) is 29.4 Å². The summed E-state index contributed by atoms with van der Waals surface area (Å²) in [4.78, 5) is 18.8. The molecule has 0 saturated heterocycles. The highest BCUT2D eigenvalue weighted by Gasteiger charge is 2.38. The molecule has 0 saturated carbocycles. The summed E-state index contributed by atoms with van der Waals surface area (Å²) in [5.74, 6) is 0.319. The number of fused-ring (bicyclic) bond motifs is 1. The van der Waals surface area contributed by atoms with Crippen LogP contribution < -0.4 is 20.9 Å². The lowest BCUT2D eigenvalue weighted by Crippen LogP contribution is -2.37. The quantitative estimate of drug-likeness (QED) is 0.763. The van der Waals surface area contributed by atoms with Gasteiger partial charge in [0.1, 0.15) is 23.8 Å². The summed E-state index contributed by atoms with van der Waals surface area (Å²) in [7, 11) is 0. The number of nitrogens with zero attached hydrogens (tertiary/aromatic N) is 2. The number of aromatic nitrogens is 2. The van der Waals surface area contributed by atoms with Gasteiger partial charge in [-0.2, -0.15) is 9.97 Å². The maximum Gasteiger partial charge on any atom is 0.335 e. The Kier molecular flexibility index (Phi) is 3.44. The highest BCUT2D eigenvalue weighted by atomic mass is 16.6. The summed E-state index contributed by atoms with van der Waals surface area (Å²) in [6.07, 6.45) is 0.502. The Morgan fingerprint density at radius 2 is 2.04 bits per heavy atom. The first-order chi connectivity index (χ1) is 10.9. The third kappa shape index (κ3) is 2.96. The fourth-order valence-electron chi connectivity index (χ4n) is 2.40. The Morgan fingerprint density at radius 3 is 2.70 bits per heavy atom. The smallest absolute Gasteiger partial charge is 0.335 e. The fourth-order valence-corrected chi connectivity index (χ4v) is 2.40. The van der Waals surface area contributed by atoms with Crippen molar-refractivity contribution in [1.29, 1.82) is 0 Å². The van der Waals surface area contributed by atoms with Crippen LogP contribution in [0.4, 0.5) is 11.8 Å². The maximum atomic E-state index is 10.8. The molecule has 0 radical (unpaired) electrons. The van der Waals surface area contributed by atoms with E-state index in [1.54, 1.807) is 12.1 Å². The second kappa shape index (κ2) is 5.31. The van der Waals surface area contributed by atoms with Crippen molar-refractivity contribution < 1.29 is 19.4 Å². The second-order valence-electron chi connectivity index (χ2n) is 5.60. The SMILES string of the molecule is C[C@@]1(COc2ccc(C(=O)O)cc2)Cc2c(N)nc(N)nc2O1. The maximum absolute atomic E-state index is 10.8. The lowest BCUT2D eigenvalue weighted by Gasteiger charge is -2.23. The van der Waals surface area contributed by atoms with Crippen LogP contribution in [0.3, 0.4) is 0 Å². The van der Waals surface area contributed by atoms with Gasteiger partial charge in [-0.3, -0.25) is 0 Å². The van der Waals surface area contributed by atoms with Crippen LogP contribution in [0, 0.1) is 0 Å². The van der Waals surface area contributed by atoms with Crippen molar-refractivity contribution in [3.05, 3.63) is 35.4 Å². The molecule has 1 aliphatic heterocycles. The number of nitrogen functional groups attached to an aromatic ring is 2. The van der Waals surface area contributed by atoms with Crippen molar-refractivity contribution in [2.45, 2.75) is 18.9 Å². The first kappa shape index (κ1) is 14.9. The first-order valence-corrected chi connectivity index (χ1v) is 6.93. The number of carboxylic acid groups (broad SMARTS) is 1. The van der Waals surface area contributed by atoms with E-state index in [-0.39, 0.29) is 18.1 Å². The van der Waals surface area contributed by atoms with Gasteiger partial charge in [0.2, 0.25) is 11.8 Å². The number of benzene rings is 1. The average Bonchev–Trinajstić information content (AvgIpc) is 2.83. The van der Waals surface area contributed by atoms with Gasteiger partial charge in [-0.05, 0) is 31.2 Å². The van der Waals surface area contributed by atoms with E-state index >= 15 is 0 Å². The lowest BCUT2D eigenvalue weighted by molar-refractivity contribution is 0.0526. The minimum atomic E-state index is -0.982. The Hall–Kier alpha value is -3.03. The van der Waals surface area contributed by atoms with Crippen molar-refractivity contribution in [3.63, 3.8) is 0 Å². The van der Waals surface area contributed by atoms with Gasteiger partial charge in [0, 0.05) is 6.42 Å². The molecule has 0 bridgehead atoms. The zero-order chi connectivity index (χ0) is 16.6. The molecule has 1 aromatic carbocycles. The number of ether oxygens (including phenoxy) is 2. The highest BCUT2D eigenvalue weighted by Crippen LogP contribution is 2.36. The molecule has 8 heteroatoms. The Morgan fingerprint density at radius 1 is 1.35 bits per heavy atom. The summed E-state index contributed by atoms with van der Waals surface area (Å²) in [6, 6.07) is 6.16. The third-order valence-corrected chi connectivity index (χ3v) is 3.56. The van der Waals surface area contributed by atoms with Crippen LogP contribution in [-0.2, 0) is 6.42 Å². The summed E-state index contributed by atoms with van der Waals surface area (Å²) >= 11 is 0. The predicted octanol–water partition coefficient (Wildman–Crippen LogP) is 1.11. The molecule has 2 heterocycles. The third-order valence-electron chi connectivity index (χ3n) is 3.56. The minimum Gasteiger partial charge on any atom is -0.489 e. The van der Waals surface area contributed by atoms with Gasteiger partial charge in [-0.25, -0.2) is 4.79 Å². The zero-order valence-electron chi connectivity index (χ0n) is 12.4. The van der Waals surface area contributed by atoms with E-state index in [9.17, 15) is 4.79 Å². The van der Waals surface area contributed by atoms with Crippen LogP contribution in [0.5, 0.6) is 11.6 Å². The normalized spacial score (nSPS) is 19.0. The Bertz CT molecular complexity index is 763. The summed E-state index contributed by atoms with van der Waals surface area (Å²) < 4.78 is 11.5. The first-order valence-electron chi connectivity index (χ1n) is 6.93.